The number of aliphatic imine (C=N–C) groups is 1. The average molecular weight is 332 g/mol. The molecule has 1 aromatic carbocycles. The molecule has 23 heavy (non-hydrogen) atoms. The Kier molecular flexibility index (Phi) is 6.87. The standard InChI is InChI=1S/C17H24N4OS/c1-4-18-17(21-12-16-19-10-13(3)23-16)20-11-14-7-6-8-15(9-14)22-5-2/h6-10H,4-5,11-12H2,1-3H3,(H2,18,20,21). The van der Waals surface area contributed by atoms with Gasteiger partial charge < -0.3 is 15.4 Å². The number of ether oxygens (including phenoxy) is 1. The fraction of sp³-hybridized carbons (Fsp3) is 0.412. The van der Waals surface area contributed by atoms with E-state index in [2.05, 4.69) is 40.5 Å². The van der Waals surface area contributed by atoms with Crippen molar-refractivity contribution in [2.75, 3.05) is 13.2 Å². The predicted molar refractivity (Wildman–Crippen MR) is 96.1 cm³/mol. The highest BCUT2D eigenvalue weighted by Gasteiger charge is 2.02. The van der Waals surface area contributed by atoms with Gasteiger partial charge in [-0.15, -0.1) is 11.3 Å². The van der Waals surface area contributed by atoms with Crippen LogP contribution in [0, 0.1) is 6.92 Å². The van der Waals surface area contributed by atoms with Crippen LogP contribution in [0.3, 0.4) is 0 Å². The van der Waals surface area contributed by atoms with Gasteiger partial charge in [-0.25, -0.2) is 9.98 Å². The molecule has 124 valence electrons. The van der Waals surface area contributed by atoms with Gasteiger partial charge in [0, 0.05) is 17.6 Å². The Morgan fingerprint density at radius 2 is 2.17 bits per heavy atom. The molecular weight excluding hydrogens is 308 g/mol. The summed E-state index contributed by atoms with van der Waals surface area (Å²) in [6, 6.07) is 8.04. The van der Waals surface area contributed by atoms with Crippen LogP contribution in [-0.4, -0.2) is 24.1 Å². The van der Waals surface area contributed by atoms with E-state index in [4.69, 9.17) is 4.74 Å². The maximum Gasteiger partial charge on any atom is 0.191 e. The van der Waals surface area contributed by atoms with E-state index in [1.54, 1.807) is 11.3 Å². The van der Waals surface area contributed by atoms with Gasteiger partial charge in [0.25, 0.3) is 0 Å². The van der Waals surface area contributed by atoms with Crippen LogP contribution >= 0.6 is 11.3 Å². The average Bonchev–Trinajstić information content (AvgIpc) is 2.96. The molecule has 0 saturated heterocycles. The summed E-state index contributed by atoms with van der Waals surface area (Å²) in [5.74, 6) is 1.68. The third-order valence-electron chi connectivity index (χ3n) is 3.05. The lowest BCUT2D eigenvalue weighted by atomic mass is 10.2. The molecule has 0 radical (unpaired) electrons. The van der Waals surface area contributed by atoms with Gasteiger partial charge >= 0.3 is 0 Å². The van der Waals surface area contributed by atoms with E-state index < -0.39 is 0 Å². The highest BCUT2D eigenvalue weighted by Crippen LogP contribution is 2.14. The molecule has 2 aromatic rings. The second-order valence-corrected chi connectivity index (χ2v) is 6.31. The Labute approximate surface area is 141 Å². The van der Waals surface area contributed by atoms with Crippen molar-refractivity contribution in [2.45, 2.75) is 33.9 Å². The van der Waals surface area contributed by atoms with Crippen molar-refractivity contribution >= 4 is 17.3 Å². The summed E-state index contributed by atoms with van der Waals surface area (Å²) in [7, 11) is 0. The number of guanidine groups is 1. The Balaban J connectivity index is 1.96. The third kappa shape index (κ3) is 5.90. The van der Waals surface area contributed by atoms with Gasteiger partial charge in [-0.2, -0.15) is 0 Å². The number of rotatable bonds is 7. The fourth-order valence-corrected chi connectivity index (χ4v) is 2.78. The summed E-state index contributed by atoms with van der Waals surface area (Å²) in [4.78, 5) is 10.2. The summed E-state index contributed by atoms with van der Waals surface area (Å²) in [6.07, 6.45) is 1.89. The lowest BCUT2D eigenvalue weighted by Gasteiger charge is -2.10. The topological polar surface area (TPSA) is 58.5 Å². The molecule has 0 atom stereocenters. The molecule has 0 fully saturated rings. The second-order valence-electron chi connectivity index (χ2n) is 4.99. The highest BCUT2D eigenvalue weighted by molar-refractivity contribution is 7.11. The molecule has 0 amide bonds. The molecule has 1 heterocycles. The smallest absolute Gasteiger partial charge is 0.191 e. The molecule has 6 heteroatoms. The molecule has 1 aromatic heterocycles. The summed E-state index contributed by atoms with van der Waals surface area (Å²) >= 11 is 1.70. The lowest BCUT2D eigenvalue weighted by Crippen LogP contribution is -2.36. The van der Waals surface area contributed by atoms with E-state index in [9.17, 15) is 0 Å². The number of thiazole rings is 1. The number of nitrogens with zero attached hydrogens (tertiary/aromatic N) is 2. The molecule has 0 saturated carbocycles. The summed E-state index contributed by atoms with van der Waals surface area (Å²) in [5.41, 5.74) is 1.12. The van der Waals surface area contributed by atoms with Crippen molar-refractivity contribution in [2.24, 2.45) is 4.99 Å². The van der Waals surface area contributed by atoms with Gasteiger partial charge in [-0.1, -0.05) is 12.1 Å². The quantitative estimate of drug-likeness (QED) is 0.604. The summed E-state index contributed by atoms with van der Waals surface area (Å²) in [5, 5.41) is 7.63. The van der Waals surface area contributed by atoms with Crippen LogP contribution < -0.4 is 15.4 Å². The van der Waals surface area contributed by atoms with Crippen LogP contribution in [-0.2, 0) is 13.1 Å². The van der Waals surface area contributed by atoms with Crippen molar-refractivity contribution < 1.29 is 4.74 Å². The van der Waals surface area contributed by atoms with Gasteiger partial charge in [0.15, 0.2) is 5.96 Å². The molecule has 0 aliphatic heterocycles. The lowest BCUT2D eigenvalue weighted by molar-refractivity contribution is 0.340. The minimum Gasteiger partial charge on any atom is -0.494 e. The molecule has 0 spiro atoms. The van der Waals surface area contributed by atoms with Gasteiger partial charge in [0.05, 0.1) is 19.7 Å². The first-order valence-electron chi connectivity index (χ1n) is 7.86. The van der Waals surface area contributed by atoms with Crippen molar-refractivity contribution in [3.05, 3.63) is 45.9 Å². The molecule has 0 bridgehead atoms. The first-order chi connectivity index (χ1) is 11.2. The maximum absolute atomic E-state index is 5.52. The van der Waals surface area contributed by atoms with Crippen LogP contribution in [0.4, 0.5) is 0 Å². The largest absolute Gasteiger partial charge is 0.494 e. The van der Waals surface area contributed by atoms with Crippen molar-refractivity contribution in [3.63, 3.8) is 0 Å². The maximum atomic E-state index is 5.52. The Morgan fingerprint density at radius 3 is 2.87 bits per heavy atom. The SMILES string of the molecule is CCNC(=NCc1cccc(OCC)c1)NCc1ncc(C)s1. The van der Waals surface area contributed by atoms with Crippen molar-refractivity contribution in [3.8, 4) is 5.75 Å². The van der Waals surface area contributed by atoms with Gasteiger partial charge in [-0.05, 0) is 38.5 Å². The van der Waals surface area contributed by atoms with Gasteiger partial charge in [-0.3, -0.25) is 0 Å². The molecule has 0 unspecified atom stereocenters. The molecule has 5 nitrogen and oxygen atoms in total. The van der Waals surface area contributed by atoms with E-state index in [0.717, 1.165) is 28.8 Å². The molecule has 0 aliphatic rings. The first kappa shape index (κ1) is 17.3. The minimum absolute atomic E-state index is 0.604. The Morgan fingerprint density at radius 1 is 1.30 bits per heavy atom. The summed E-state index contributed by atoms with van der Waals surface area (Å²) < 4.78 is 5.52. The summed E-state index contributed by atoms with van der Waals surface area (Å²) in [6.45, 7) is 8.88. The predicted octanol–water partition coefficient (Wildman–Crippen LogP) is 3.11. The van der Waals surface area contributed by atoms with Crippen LogP contribution in [0.5, 0.6) is 5.75 Å². The number of aryl methyl sites for hydroxylation is 1. The third-order valence-corrected chi connectivity index (χ3v) is 3.96. The molecule has 2 rings (SSSR count). The zero-order chi connectivity index (χ0) is 16.5. The van der Waals surface area contributed by atoms with Gasteiger partial charge in [0.1, 0.15) is 10.8 Å². The van der Waals surface area contributed by atoms with Crippen LogP contribution in [0.2, 0.25) is 0 Å². The second kappa shape index (κ2) is 9.15. The molecule has 0 aliphatic carbocycles. The monoisotopic (exact) mass is 332 g/mol. The Hall–Kier alpha value is -2.08. The number of aromatic nitrogens is 1. The van der Waals surface area contributed by atoms with Crippen LogP contribution in [0.1, 0.15) is 29.3 Å². The zero-order valence-electron chi connectivity index (χ0n) is 13.9. The van der Waals surface area contributed by atoms with E-state index in [1.807, 2.05) is 31.3 Å². The molecular formula is C17H24N4OS. The Bertz CT molecular complexity index is 639. The van der Waals surface area contributed by atoms with E-state index in [0.29, 0.717) is 19.7 Å². The van der Waals surface area contributed by atoms with E-state index >= 15 is 0 Å². The van der Waals surface area contributed by atoms with E-state index in [-0.39, 0.29) is 0 Å². The normalized spacial score (nSPS) is 11.3. The van der Waals surface area contributed by atoms with Gasteiger partial charge in [0.2, 0.25) is 0 Å². The van der Waals surface area contributed by atoms with E-state index in [1.165, 1.54) is 4.88 Å². The van der Waals surface area contributed by atoms with Crippen molar-refractivity contribution in [1.82, 2.24) is 15.6 Å². The fourth-order valence-electron chi connectivity index (χ4n) is 2.05. The minimum atomic E-state index is 0.604. The zero-order valence-corrected chi connectivity index (χ0v) is 14.7. The molecule has 2 N–H and O–H groups in total. The number of hydrogen-bond donors (Lipinski definition) is 2. The number of nitrogens with one attached hydrogen (secondary N) is 2. The first-order valence-corrected chi connectivity index (χ1v) is 8.68. The van der Waals surface area contributed by atoms with Crippen LogP contribution in [0.15, 0.2) is 35.5 Å². The van der Waals surface area contributed by atoms with Crippen LogP contribution in [0.25, 0.3) is 0 Å². The number of benzene rings is 1. The highest BCUT2D eigenvalue weighted by atomic mass is 32.1. The number of hydrogen-bond acceptors (Lipinski definition) is 4. The van der Waals surface area contributed by atoms with Crippen molar-refractivity contribution in [1.29, 1.82) is 0 Å².